The van der Waals surface area contributed by atoms with Gasteiger partial charge in [-0.05, 0) is 68.7 Å². The molecule has 2 fully saturated rings. The number of hydrogen-bond donors (Lipinski definition) is 0. The van der Waals surface area contributed by atoms with Crippen LogP contribution >= 0.6 is 11.8 Å². The Kier molecular flexibility index (Phi) is 3.80. The highest BCUT2D eigenvalue weighted by Gasteiger charge is 2.43. The molecule has 2 aromatic rings. The maximum absolute atomic E-state index is 13.1. The molecule has 3 heterocycles. The first-order valence-electron chi connectivity index (χ1n) is 8.38. The van der Waals surface area contributed by atoms with E-state index in [0.717, 1.165) is 34.6 Å². The van der Waals surface area contributed by atoms with Crippen molar-refractivity contribution in [3.63, 3.8) is 0 Å². The van der Waals surface area contributed by atoms with Crippen molar-refractivity contribution in [2.24, 2.45) is 0 Å². The number of hydrogen-bond acceptors (Lipinski definition) is 3. The van der Waals surface area contributed by atoms with Gasteiger partial charge in [0.2, 0.25) is 0 Å². The second kappa shape index (κ2) is 5.82. The number of fused-ring (bicyclic) bond motifs is 3. The van der Waals surface area contributed by atoms with Crippen LogP contribution < -0.4 is 0 Å². The molecule has 4 heteroatoms. The Morgan fingerprint density at radius 3 is 2.65 bits per heavy atom. The molecule has 1 amide bonds. The van der Waals surface area contributed by atoms with Gasteiger partial charge in [0.15, 0.2) is 0 Å². The van der Waals surface area contributed by atoms with Crippen molar-refractivity contribution in [1.82, 2.24) is 9.88 Å². The summed E-state index contributed by atoms with van der Waals surface area (Å²) < 4.78 is 0. The lowest BCUT2D eigenvalue weighted by Crippen LogP contribution is -2.47. The van der Waals surface area contributed by atoms with Crippen LogP contribution in [-0.4, -0.2) is 39.4 Å². The van der Waals surface area contributed by atoms with E-state index in [1.165, 1.54) is 18.4 Å². The van der Waals surface area contributed by atoms with Crippen molar-refractivity contribution in [2.75, 3.05) is 6.26 Å². The Balaban J connectivity index is 1.66. The minimum atomic E-state index is 0.210. The van der Waals surface area contributed by atoms with Gasteiger partial charge in [-0.25, -0.2) is 0 Å². The van der Waals surface area contributed by atoms with E-state index in [1.807, 2.05) is 42.2 Å². The molecule has 23 heavy (non-hydrogen) atoms. The van der Waals surface area contributed by atoms with Gasteiger partial charge in [-0.3, -0.25) is 9.78 Å². The molecule has 2 aliphatic heterocycles. The van der Waals surface area contributed by atoms with Crippen LogP contribution in [0.1, 0.15) is 41.6 Å². The first kappa shape index (κ1) is 15.0. The van der Waals surface area contributed by atoms with Gasteiger partial charge in [0, 0.05) is 34.5 Å². The van der Waals surface area contributed by atoms with Gasteiger partial charge in [0.25, 0.3) is 5.91 Å². The molecule has 120 valence electrons. The zero-order valence-corrected chi connectivity index (χ0v) is 14.5. The quantitative estimate of drug-likeness (QED) is 0.835. The third-order valence-corrected chi connectivity index (χ3v) is 6.52. The van der Waals surface area contributed by atoms with Crippen LogP contribution in [0.4, 0.5) is 0 Å². The molecule has 0 N–H and O–H groups in total. The summed E-state index contributed by atoms with van der Waals surface area (Å²) in [5.74, 6) is 0.210. The minimum Gasteiger partial charge on any atom is -0.333 e. The lowest BCUT2D eigenvalue weighted by atomic mass is 10.00. The Hall–Kier alpha value is -1.55. The van der Waals surface area contributed by atoms with Gasteiger partial charge in [-0.1, -0.05) is 0 Å². The fraction of sp³-hybridized carbons (Fsp3) is 0.474. The smallest absolute Gasteiger partial charge is 0.254 e. The number of rotatable bonds is 2. The van der Waals surface area contributed by atoms with Gasteiger partial charge >= 0.3 is 0 Å². The lowest BCUT2D eigenvalue weighted by Gasteiger charge is -2.38. The van der Waals surface area contributed by atoms with E-state index >= 15 is 0 Å². The minimum absolute atomic E-state index is 0.210. The molecule has 4 rings (SSSR count). The molecule has 1 aromatic carbocycles. The van der Waals surface area contributed by atoms with Gasteiger partial charge in [-0.2, -0.15) is 11.8 Å². The maximum atomic E-state index is 13.1. The fourth-order valence-electron chi connectivity index (χ4n) is 4.22. The van der Waals surface area contributed by atoms with Gasteiger partial charge in [0.1, 0.15) is 0 Å². The first-order valence-corrected chi connectivity index (χ1v) is 9.67. The Morgan fingerprint density at radius 2 is 1.96 bits per heavy atom. The van der Waals surface area contributed by atoms with E-state index in [4.69, 9.17) is 0 Å². The predicted molar refractivity (Wildman–Crippen MR) is 96.0 cm³/mol. The zero-order valence-electron chi connectivity index (χ0n) is 13.7. The van der Waals surface area contributed by atoms with Crippen molar-refractivity contribution >= 4 is 28.6 Å². The lowest BCUT2D eigenvalue weighted by molar-refractivity contribution is 0.0602. The van der Waals surface area contributed by atoms with Crippen LogP contribution in [0.25, 0.3) is 10.9 Å². The zero-order chi connectivity index (χ0) is 16.0. The summed E-state index contributed by atoms with van der Waals surface area (Å²) in [6.07, 6.45) is 8.66. The molecule has 0 radical (unpaired) electrons. The largest absolute Gasteiger partial charge is 0.333 e. The van der Waals surface area contributed by atoms with Crippen LogP contribution in [-0.2, 0) is 0 Å². The second-order valence-corrected chi connectivity index (χ2v) is 7.92. The number of carbonyl (C=O) groups is 1. The van der Waals surface area contributed by atoms with Gasteiger partial charge in [-0.15, -0.1) is 0 Å². The maximum Gasteiger partial charge on any atom is 0.254 e. The molecule has 3 nitrogen and oxygen atoms in total. The number of carbonyl (C=O) groups excluding carboxylic acids is 1. The van der Waals surface area contributed by atoms with E-state index in [-0.39, 0.29) is 5.91 Å². The number of thioether (sulfide) groups is 1. The molecule has 1 aromatic heterocycles. The van der Waals surface area contributed by atoms with Gasteiger partial charge < -0.3 is 4.90 Å². The summed E-state index contributed by atoms with van der Waals surface area (Å²) in [4.78, 5) is 19.7. The van der Waals surface area contributed by atoms with Gasteiger partial charge in [0.05, 0.1) is 5.52 Å². The normalized spacial score (nSPS) is 26.7. The van der Waals surface area contributed by atoms with Crippen LogP contribution in [0, 0.1) is 6.92 Å². The number of amides is 1. The Labute approximate surface area is 141 Å². The number of benzene rings is 1. The van der Waals surface area contributed by atoms with Crippen LogP contribution in [0.3, 0.4) is 0 Å². The fourth-order valence-corrected chi connectivity index (χ4v) is 5.05. The van der Waals surface area contributed by atoms with E-state index < -0.39 is 0 Å². The van der Waals surface area contributed by atoms with E-state index in [9.17, 15) is 4.79 Å². The molecule has 0 aliphatic carbocycles. The molecule has 2 atom stereocenters. The summed E-state index contributed by atoms with van der Waals surface area (Å²) in [5.41, 5.74) is 2.95. The second-order valence-electron chi connectivity index (χ2n) is 6.79. The van der Waals surface area contributed by atoms with Crippen LogP contribution in [0.2, 0.25) is 0 Å². The molecular formula is C19H22N2OS. The molecule has 0 saturated carbocycles. The van der Waals surface area contributed by atoms with Crippen molar-refractivity contribution in [2.45, 2.75) is 49.9 Å². The highest BCUT2D eigenvalue weighted by molar-refractivity contribution is 7.99. The molecule has 2 unspecified atom stereocenters. The average Bonchev–Trinajstić information content (AvgIpc) is 2.84. The highest BCUT2D eigenvalue weighted by Crippen LogP contribution is 2.40. The summed E-state index contributed by atoms with van der Waals surface area (Å²) in [6.45, 7) is 2.08. The predicted octanol–water partition coefficient (Wildman–Crippen LogP) is 4.04. The van der Waals surface area contributed by atoms with Crippen molar-refractivity contribution in [1.29, 1.82) is 0 Å². The van der Waals surface area contributed by atoms with Crippen molar-refractivity contribution in [3.8, 4) is 0 Å². The topological polar surface area (TPSA) is 33.2 Å². The molecule has 2 saturated heterocycles. The number of nitrogens with zero attached hydrogens (tertiary/aromatic N) is 2. The number of aromatic nitrogens is 1. The molecule has 2 bridgehead atoms. The number of piperidine rings is 1. The SMILES string of the molecule is CSC1CC2CCC(C1)N2C(=O)c1ccc2nccc(C)c2c1. The monoisotopic (exact) mass is 326 g/mol. The van der Waals surface area contributed by atoms with E-state index in [2.05, 4.69) is 23.1 Å². The Bertz CT molecular complexity index is 746. The number of pyridine rings is 1. The van der Waals surface area contributed by atoms with Crippen molar-refractivity contribution in [3.05, 3.63) is 41.6 Å². The standard InChI is InChI=1S/C19H22N2OS/c1-12-7-8-20-18-6-3-13(9-17(12)18)19(22)21-14-4-5-15(21)11-16(10-14)23-2/h3,6-9,14-16H,4-5,10-11H2,1-2H3. The average molecular weight is 326 g/mol. The Morgan fingerprint density at radius 1 is 1.22 bits per heavy atom. The molecule has 2 aliphatic rings. The highest BCUT2D eigenvalue weighted by atomic mass is 32.2. The third kappa shape index (κ3) is 2.53. The molecule has 0 spiro atoms. The van der Waals surface area contributed by atoms with Crippen molar-refractivity contribution < 1.29 is 4.79 Å². The van der Waals surface area contributed by atoms with E-state index in [1.54, 1.807) is 0 Å². The van der Waals surface area contributed by atoms with E-state index in [0.29, 0.717) is 12.1 Å². The summed E-state index contributed by atoms with van der Waals surface area (Å²) >= 11 is 1.96. The summed E-state index contributed by atoms with van der Waals surface area (Å²) in [7, 11) is 0. The summed E-state index contributed by atoms with van der Waals surface area (Å²) in [6, 6.07) is 8.82. The summed E-state index contributed by atoms with van der Waals surface area (Å²) in [5, 5.41) is 1.81. The first-order chi connectivity index (χ1) is 11.2. The molecular weight excluding hydrogens is 304 g/mol. The van der Waals surface area contributed by atoms with Crippen LogP contribution in [0.15, 0.2) is 30.5 Å². The third-order valence-electron chi connectivity index (χ3n) is 5.46. The number of aryl methyl sites for hydroxylation is 1. The van der Waals surface area contributed by atoms with Crippen LogP contribution in [0.5, 0.6) is 0 Å².